The highest BCUT2D eigenvalue weighted by molar-refractivity contribution is 5.95. The van der Waals surface area contributed by atoms with Gasteiger partial charge in [-0.1, -0.05) is 12.1 Å². The molecule has 3 heterocycles. The second kappa shape index (κ2) is 13.6. The maximum absolute atomic E-state index is 13.3. The predicted octanol–water partition coefficient (Wildman–Crippen LogP) is 1.62. The number of likely N-dealkylation sites (tertiary alicyclic amines) is 2. The quantitative estimate of drug-likeness (QED) is 0.496. The van der Waals surface area contributed by atoms with Gasteiger partial charge in [-0.25, -0.2) is 8.78 Å². The first-order valence-electron chi connectivity index (χ1n) is 13.0. The van der Waals surface area contributed by atoms with E-state index in [-0.39, 0.29) is 31.2 Å². The van der Waals surface area contributed by atoms with Gasteiger partial charge in [-0.15, -0.1) is 0 Å². The van der Waals surface area contributed by atoms with Crippen molar-refractivity contribution in [2.75, 3.05) is 57.8 Å². The van der Waals surface area contributed by atoms with Crippen LogP contribution in [0.5, 0.6) is 0 Å². The number of carbonyl (C=O) groups excluding carboxylic acids is 3. The molecule has 0 spiro atoms. The van der Waals surface area contributed by atoms with E-state index < -0.39 is 12.5 Å². The van der Waals surface area contributed by atoms with E-state index in [1.54, 1.807) is 16.6 Å². The highest BCUT2D eigenvalue weighted by Gasteiger charge is 2.36. The Hall–Kier alpha value is -3.12. The summed E-state index contributed by atoms with van der Waals surface area (Å²) >= 11 is 0. The molecular weight excluding hydrogens is 498 g/mol. The molecule has 2 aromatic rings. The van der Waals surface area contributed by atoms with E-state index in [1.165, 1.54) is 4.90 Å². The number of para-hydroxylation sites is 1. The largest absolute Gasteiger partial charge is 0.387 e. The lowest BCUT2D eigenvalue weighted by molar-refractivity contribution is -0.135. The lowest BCUT2D eigenvalue weighted by atomic mass is 9.95. The van der Waals surface area contributed by atoms with Gasteiger partial charge in [0.2, 0.25) is 18.2 Å². The number of carbonyl (C=O) groups is 3. The third kappa shape index (κ3) is 7.94. The number of anilines is 1. The van der Waals surface area contributed by atoms with Crippen LogP contribution in [0.4, 0.5) is 14.6 Å². The molecule has 0 saturated carbocycles. The molecule has 1 aromatic carbocycles. The smallest absolute Gasteiger partial charge is 0.260 e. The minimum absolute atomic E-state index is 0.00689. The van der Waals surface area contributed by atoms with Crippen LogP contribution in [0.2, 0.25) is 0 Å². The van der Waals surface area contributed by atoms with E-state index in [9.17, 15) is 23.2 Å². The number of halogens is 2. The van der Waals surface area contributed by atoms with E-state index in [0.717, 1.165) is 30.3 Å². The van der Waals surface area contributed by atoms with Crippen molar-refractivity contribution in [2.24, 2.45) is 13.0 Å². The molecule has 2 saturated heterocycles. The summed E-state index contributed by atoms with van der Waals surface area (Å²) in [5, 5.41) is 16.6. The van der Waals surface area contributed by atoms with Crippen LogP contribution in [0.3, 0.4) is 0 Å². The summed E-state index contributed by atoms with van der Waals surface area (Å²) in [6.07, 6.45) is 3.21. The average molecular weight is 537 g/mol. The van der Waals surface area contributed by atoms with Gasteiger partial charge >= 0.3 is 0 Å². The SMILES string of the molecule is CNC(=O)CCN(C=O)c1nn(C)c2ccccc12.O=C(CO)N1CCC(CN2CCCC(F)(F)C2)CC1. The summed E-state index contributed by atoms with van der Waals surface area (Å²) in [4.78, 5) is 38.7. The van der Waals surface area contributed by atoms with Crippen molar-refractivity contribution in [3.05, 3.63) is 24.3 Å². The molecule has 38 heavy (non-hydrogen) atoms. The van der Waals surface area contributed by atoms with Crippen molar-refractivity contribution in [2.45, 2.75) is 38.0 Å². The van der Waals surface area contributed by atoms with Gasteiger partial charge in [0.05, 0.1) is 12.1 Å². The summed E-state index contributed by atoms with van der Waals surface area (Å²) in [5.41, 5.74) is 0.948. The molecule has 3 amide bonds. The van der Waals surface area contributed by atoms with Crippen molar-refractivity contribution in [3.63, 3.8) is 0 Å². The van der Waals surface area contributed by atoms with Gasteiger partial charge in [-0.2, -0.15) is 5.10 Å². The molecule has 4 rings (SSSR count). The molecule has 0 bridgehead atoms. The summed E-state index contributed by atoms with van der Waals surface area (Å²) in [5.74, 6) is -1.91. The van der Waals surface area contributed by atoms with Crippen LogP contribution in [0.15, 0.2) is 24.3 Å². The molecule has 2 N–H and O–H groups in total. The summed E-state index contributed by atoms with van der Waals surface area (Å²) in [6.45, 7) is 2.47. The Morgan fingerprint density at radius 2 is 1.95 bits per heavy atom. The van der Waals surface area contributed by atoms with Crippen LogP contribution >= 0.6 is 0 Å². The number of aliphatic hydroxyl groups excluding tert-OH is 1. The van der Waals surface area contributed by atoms with Gasteiger partial charge in [-0.3, -0.25) is 28.9 Å². The number of nitrogens with zero attached hydrogens (tertiary/aromatic N) is 5. The number of alkyl halides is 2. The van der Waals surface area contributed by atoms with E-state index in [1.807, 2.05) is 36.2 Å². The molecule has 10 nitrogen and oxygen atoms in total. The number of aryl methyl sites for hydroxylation is 1. The normalized spacial score (nSPS) is 18.0. The Balaban J connectivity index is 0.000000211. The van der Waals surface area contributed by atoms with Crippen molar-refractivity contribution in [1.82, 2.24) is 24.9 Å². The highest BCUT2D eigenvalue weighted by atomic mass is 19.3. The Labute approximate surface area is 221 Å². The van der Waals surface area contributed by atoms with E-state index >= 15 is 0 Å². The summed E-state index contributed by atoms with van der Waals surface area (Å²) < 4.78 is 28.3. The molecule has 2 fully saturated rings. The number of piperidine rings is 2. The van der Waals surface area contributed by atoms with Crippen molar-refractivity contribution in [1.29, 1.82) is 0 Å². The van der Waals surface area contributed by atoms with Crippen LogP contribution in [0.25, 0.3) is 10.9 Å². The van der Waals surface area contributed by atoms with Crippen LogP contribution in [-0.4, -0.2) is 102 Å². The van der Waals surface area contributed by atoms with Gasteiger partial charge in [0.1, 0.15) is 6.61 Å². The van der Waals surface area contributed by atoms with Crippen LogP contribution in [-0.2, 0) is 21.4 Å². The number of hydrogen-bond donors (Lipinski definition) is 2. The minimum Gasteiger partial charge on any atom is -0.387 e. The van der Waals surface area contributed by atoms with E-state index in [2.05, 4.69) is 10.4 Å². The molecule has 0 radical (unpaired) electrons. The molecule has 2 aliphatic heterocycles. The third-order valence-corrected chi connectivity index (χ3v) is 7.09. The number of fused-ring (bicyclic) bond motifs is 1. The maximum Gasteiger partial charge on any atom is 0.260 e. The molecule has 0 atom stereocenters. The zero-order valence-corrected chi connectivity index (χ0v) is 22.1. The average Bonchev–Trinajstić information content (AvgIpc) is 3.25. The monoisotopic (exact) mass is 536 g/mol. The Kier molecular flexibility index (Phi) is 10.5. The topological polar surface area (TPSA) is 111 Å². The predicted molar refractivity (Wildman–Crippen MR) is 140 cm³/mol. The van der Waals surface area contributed by atoms with Crippen molar-refractivity contribution in [3.8, 4) is 0 Å². The number of benzene rings is 1. The lowest BCUT2D eigenvalue weighted by Crippen LogP contribution is -2.47. The van der Waals surface area contributed by atoms with Gasteiger partial charge in [0.15, 0.2) is 5.82 Å². The summed E-state index contributed by atoms with van der Waals surface area (Å²) in [7, 11) is 3.40. The first-order valence-corrected chi connectivity index (χ1v) is 13.0. The minimum atomic E-state index is -2.54. The van der Waals surface area contributed by atoms with Gasteiger partial charge < -0.3 is 15.3 Å². The fraction of sp³-hybridized carbons (Fsp3) is 0.615. The number of aliphatic hydroxyl groups is 1. The summed E-state index contributed by atoms with van der Waals surface area (Å²) in [6, 6.07) is 7.67. The molecular formula is C26H38F2N6O4. The highest BCUT2D eigenvalue weighted by Crippen LogP contribution is 2.28. The first kappa shape index (κ1) is 29.4. The van der Waals surface area contributed by atoms with E-state index in [4.69, 9.17) is 5.11 Å². The van der Waals surface area contributed by atoms with Gasteiger partial charge in [0, 0.05) is 58.5 Å². The first-order chi connectivity index (χ1) is 18.2. The Bertz CT molecular complexity index is 1090. The number of aromatic nitrogens is 2. The molecule has 0 unspecified atom stereocenters. The van der Waals surface area contributed by atoms with Gasteiger partial charge in [0.25, 0.3) is 5.92 Å². The fourth-order valence-corrected chi connectivity index (χ4v) is 4.99. The molecule has 12 heteroatoms. The molecule has 210 valence electrons. The zero-order chi connectivity index (χ0) is 27.7. The number of rotatable bonds is 8. The Morgan fingerprint density at radius 3 is 2.58 bits per heavy atom. The standard InChI is InChI=1S/C13H22F2N2O2.C13H16N4O2/c14-13(15)4-1-5-16(10-13)8-11-2-6-17(7-3-11)12(19)9-18;1-14-12(19)7-8-17(9-18)13-10-5-3-4-6-11(10)16(2)15-13/h11,18H,1-10H2;3-6,9H,7-8H2,1-2H3,(H,14,19). The molecule has 0 aliphatic carbocycles. The number of amides is 3. The van der Waals surface area contributed by atoms with E-state index in [0.29, 0.717) is 50.7 Å². The number of nitrogens with one attached hydrogen (secondary N) is 1. The van der Waals surface area contributed by atoms with Crippen molar-refractivity contribution < 1.29 is 28.3 Å². The zero-order valence-electron chi connectivity index (χ0n) is 22.1. The third-order valence-electron chi connectivity index (χ3n) is 7.09. The fourth-order valence-electron chi connectivity index (χ4n) is 4.99. The van der Waals surface area contributed by atoms with Crippen LogP contribution < -0.4 is 10.2 Å². The van der Waals surface area contributed by atoms with Crippen molar-refractivity contribution >= 4 is 34.9 Å². The molecule has 1 aromatic heterocycles. The number of hydrogen-bond acceptors (Lipinski definition) is 6. The molecule has 2 aliphatic rings. The Morgan fingerprint density at radius 1 is 1.24 bits per heavy atom. The second-order valence-corrected chi connectivity index (χ2v) is 9.86. The van der Waals surface area contributed by atoms with Crippen LogP contribution in [0, 0.1) is 5.92 Å². The van der Waals surface area contributed by atoms with Crippen LogP contribution in [0.1, 0.15) is 32.1 Å². The second-order valence-electron chi connectivity index (χ2n) is 9.86. The maximum atomic E-state index is 13.3. The van der Waals surface area contributed by atoms with Gasteiger partial charge in [-0.05, 0) is 43.9 Å². The lowest BCUT2D eigenvalue weighted by Gasteiger charge is -2.37.